The summed E-state index contributed by atoms with van der Waals surface area (Å²) in [4.78, 5) is 27.0. The van der Waals surface area contributed by atoms with E-state index in [0.29, 0.717) is 41.7 Å². The molecule has 3 aliphatic rings. The highest BCUT2D eigenvalue weighted by molar-refractivity contribution is 6.32. The molecule has 2 atom stereocenters. The van der Waals surface area contributed by atoms with Crippen molar-refractivity contribution in [3.8, 4) is 11.5 Å². The van der Waals surface area contributed by atoms with Gasteiger partial charge in [0, 0.05) is 12.6 Å². The van der Waals surface area contributed by atoms with Crippen molar-refractivity contribution < 1.29 is 23.8 Å². The number of amides is 1. The van der Waals surface area contributed by atoms with E-state index in [0.717, 1.165) is 19.4 Å². The number of likely N-dealkylation sites (tertiary alicyclic amines) is 1. The summed E-state index contributed by atoms with van der Waals surface area (Å²) >= 11 is 6.16. The predicted molar refractivity (Wildman–Crippen MR) is 99.4 cm³/mol. The van der Waals surface area contributed by atoms with Crippen LogP contribution in [-0.2, 0) is 9.53 Å². The second-order valence-corrected chi connectivity index (χ2v) is 7.81. The number of fused-ring (bicyclic) bond motifs is 2. The van der Waals surface area contributed by atoms with Crippen LogP contribution in [0.1, 0.15) is 48.9 Å². The van der Waals surface area contributed by atoms with Crippen LogP contribution in [0.15, 0.2) is 12.1 Å². The molecule has 1 saturated carbocycles. The zero-order valence-corrected chi connectivity index (χ0v) is 16.0. The predicted octanol–water partition coefficient (Wildman–Crippen LogP) is 3.45. The monoisotopic (exact) mass is 393 g/mol. The first-order valence-corrected chi connectivity index (χ1v) is 10.1. The third kappa shape index (κ3) is 3.86. The molecule has 2 aliphatic heterocycles. The average Bonchev–Trinajstić information content (AvgIpc) is 2.71. The Labute approximate surface area is 163 Å². The summed E-state index contributed by atoms with van der Waals surface area (Å²) in [6.07, 6.45) is 6.90. The smallest absolute Gasteiger partial charge is 0.338 e. The van der Waals surface area contributed by atoms with Gasteiger partial charge in [-0.05, 0) is 43.7 Å². The van der Waals surface area contributed by atoms with Gasteiger partial charge in [-0.1, -0.05) is 24.4 Å². The summed E-state index contributed by atoms with van der Waals surface area (Å²) < 4.78 is 16.2. The van der Waals surface area contributed by atoms with Crippen molar-refractivity contribution >= 4 is 23.5 Å². The standard InChI is InChI=1S/C20H24ClNO5/c21-15-10-14(11-17-19(15)26-9-8-25-17)20(24)27-12-18(23)22-7-3-5-13-4-1-2-6-16(13)22/h10-11,13,16H,1-9,12H2/t13-,16+/m0/s1. The Morgan fingerprint density at radius 3 is 2.78 bits per heavy atom. The number of esters is 1. The molecule has 1 aromatic rings. The summed E-state index contributed by atoms with van der Waals surface area (Å²) in [6, 6.07) is 3.34. The number of hydrogen-bond donors (Lipinski definition) is 0. The van der Waals surface area contributed by atoms with E-state index < -0.39 is 5.97 Å². The van der Waals surface area contributed by atoms with Crippen LogP contribution >= 0.6 is 11.6 Å². The molecule has 7 heteroatoms. The second-order valence-electron chi connectivity index (χ2n) is 7.40. The molecule has 0 spiro atoms. The van der Waals surface area contributed by atoms with E-state index in [2.05, 4.69) is 0 Å². The third-order valence-corrected chi connectivity index (χ3v) is 6.00. The lowest BCUT2D eigenvalue weighted by atomic mass is 9.78. The molecule has 1 amide bonds. The maximum Gasteiger partial charge on any atom is 0.338 e. The van der Waals surface area contributed by atoms with Crippen molar-refractivity contribution in [2.24, 2.45) is 5.92 Å². The van der Waals surface area contributed by atoms with Gasteiger partial charge >= 0.3 is 5.97 Å². The molecule has 0 aromatic heterocycles. The van der Waals surface area contributed by atoms with Crippen LogP contribution in [-0.4, -0.2) is 49.2 Å². The number of benzene rings is 1. The van der Waals surface area contributed by atoms with Crippen molar-refractivity contribution in [2.75, 3.05) is 26.4 Å². The summed E-state index contributed by atoms with van der Waals surface area (Å²) in [5.74, 6) is 0.770. The Hall–Kier alpha value is -1.95. The Morgan fingerprint density at radius 1 is 1.11 bits per heavy atom. The van der Waals surface area contributed by atoms with Crippen molar-refractivity contribution in [2.45, 2.75) is 44.6 Å². The highest BCUT2D eigenvalue weighted by Gasteiger charge is 2.35. The molecule has 1 saturated heterocycles. The Balaban J connectivity index is 1.39. The molecule has 2 heterocycles. The minimum absolute atomic E-state index is 0.108. The molecule has 0 unspecified atom stereocenters. The van der Waals surface area contributed by atoms with Gasteiger partial charge in [-0.3, -0.25) is 4.79 Å². The maximum atomic E-state index is 12.7. The van der Waals surface area contributed by atoms with Gasteiger partial charge in [0.25, 0.3) is 5.91 Å². The molecule has 0 bridgehead atoms. The number of rotatable bonds is 3. The van der Waals surface area contributed by atoms with Crippen molar-refractivity contribution in [3.63, 3.8) is 0 Å². The topological polar surface area (TPSA) is 65.1 Å². The molecule has 1 aromatic carbocycles. The summed E-state index contributed by atoms with van der Waals surface area (Å²) in [5, 5.41) is 0.298. The van der Waals surface area contributed by atoms with Gasteiger partial charge in [0.05, 0.1) is 10.6 Å². The molecule has 4 rings (SSSR count). The van der Waals surface area contributed by atoms with Gasteiger partial charge in [0.2, 0.25) is 0 Å². The summed E-state index contributed by atoms with van der Waals surface area (Å²) in [7, 11) is 0. The number of nitrogens with zero attached hydrogens (tertiary/aromatic N) is 1. The van der Waals surface area contributed by atoms with E-state index in [4.69, 9.17) is 25.8 Å². The van der Waals surface area contributed by atoms with Gasteiger partial charge < -0.3 is 19.1 Å². The molecule has 1 aliphatic carbocycles. The second kappa shape index (κ2) is 7.97. The SMILES string of the molecule is O=C(OCC(=O)N1CCC[C@@H]2CCCC[C@H]21)c1cc(Cl)c2c(c1)OCCO2. The van der Waals surface area contributed by atoms with Gasteiger partial charge in [-0.25, -0.2) is 4.79 Å². The Bertz CT molecular complexity index is 735. The van der Waals surface area contributed by atoms with Crippen LogP contribution in [0.2, 0.25) is 5.02 Å². The van der Waals surface area contributed by atoms with Crippen LogP contribution in [0, 0.1) is 5.92 Å². The fraction of sp³-hybridized carbons (Fsp3) is 0.600. The lowest BCUT2D eigenvalue weighted by molar-refractivity contribution is -0.140. The Kier molecular flexibility index (Phi) is 5.43. The van der Waals surface area contributed by atoms with Crippen molar-refractivity contribution in [1.29, 1.82) is 0 Å². The fourth-order valence-corrected chi connectivity index (χ4v) is 4.72. The number of carbonyl (C=O) groups is 2. The molecule has 0 radical (unpaired) electrons. The number of ether oxygens (including phenoxy) is 3. The average molecular weight is 394 g/mol. The van der Waals surface area contributed by atoms with Crippen LogP contribution < -0.4 is 9.47 Å². The van der Waals surface area contributed by atoms with Gasteiger partial charge in [-0.15, -0.1) is 0 Å². The van der Waals surface area contributed by atoms with Gasteiger partial charge in [-0.2, -0.15) is 0 Å². The maximum absolute atomic E-state index is 12.7. The highest BCUT2D eigenvalue weighted by Crippen LogP contribution is 2.38. The van der Waals surface area contributed by atoms with E-state index in [-0.39, 0.29) is 18.1 Å². The number of hydrogen-bond acceptors (Lipinski definition) is 5. The largest absolute Gasteiger partial charge is 0.486 e. The molecular weight excluding hydrogens is 370 g/mol. The van der Waals surface area contributed by atoms with E-state index in [9.17, 15) is 9.59 Å². The molecule has 146 valence electrons. The molecule has 6 nitrogen and oxygen atoms in total. The summed E-state index contributed by atoms with van der Waals surface area (Å²) in [5.41, 5.74) is 0.256. The number of halogens is 1. The molecule has 27 heavy (non-hydrogen) atoms. The normalized spacial score (nSPS) is 24.1. The first-order chi connectivity index (χ1) is 13.1. The van der Waals surface area contributed by atoms with Crippen LogP contribution in [0.4, 0.5) is 0 Å². The van der Waals surface area contributed by atoms with E-state index in [1.165, 1.54) is 31.7 Å². The van der Waals surface area contributed by atoms with Crippen LogP contribution in [0.25, 0.3) is 0 Å². The number of piperidine rings is 1. The lowest BCUT2D eigenvalue weighted by Gasteiger charge is -2.44. The van der Waals surface area contributed by atoms with E-state index >= 15 is 0 Å². The van der Waals surface area contributed by atoms with E-state index in [1.807, 2.05) is 4.90 Å². The van der Waals surface area contributed by atoms with Crippen LogP contribution in [0.5, 0.6) is 11.5 Å². The first-order valence-electron chi connectivity index (χ1n) is 9.69. The Morgan fingerprint density at radius 2 is 1.89 bits per heavy atom. The van der Waals surface area contributed by atoms with Crippen molar-refractivity contribution in [1.82, 2.24) is 4.90 Å². The zero-order valence-electron chi connectivity index (χ0n) is 15.2. The number of carbonyl (C=O) groups excluding carboxylic acids is 2. The lowest BCUT2D eigenvalue weighted by Crippen LogP contribution is -2.50. The minimum atomic E-state index is -0.584. The van der Waals surface area contributed by atoms with Crippen molar-refractivity contribution in [3.05, 3.63) is 22.7 Å². The highest BCUT2D eigenvalue weighted by atomic mass is 35.5. The first kappa shape index (κ1) is 18.4. The molecular formula is C20H24ClNO5. The summed E-state index contributed by atoms with van der Waals surface area (Å²) in [6.45, 7) is 1.34. The fourth-order valence-electron chi connectivity index (χ4n) is 4.46. The molecule has 0 N–H and O–H groups in total. The zero-order chi connectivity index (χ0) is 18.8. The van der Waals surface area contributed by atoms with Gasteiger partial charge in [0.15, 0.2) is 18.1 Å². The van der Waals surface area contributed by atoms with E-state index in [1.54, 1.807) is 6.07 Å². The minimum Gasteiger partial charge on any atom is -0.486 e. The van der Waals surface area contributed by atoms with Crippen LogP contribution in [0.3, 0.4) is 0 Å². The molecule has 2 fully saturated rings. The van der Waals surface area contributed by atoms with Gasteiger partial charge in [0.1, 0.15) is 13.2 Å². The quantitative estimate of drug-likeness (QED) is 0.736. The third-order valence-electron chi connectivity index (χ3n) is 5.72.